The van der Waals surface area contributed by atoms with Gasteiger partial charge in [-0.3, -0.25) is 4.79 Å². The number of amides is 1. The first kappa shape index (κ1) is 27.5. The van der Waals surface area contributed by atoms with Gasteiger partial charge in [0.05, 0.1) is 24.6 Å². The van der Waals surface area contributed by atoms with Gasteiger partial charge in [-0.05, 0) is 25.0 Å². The molecule has 0 bridgehead atoms. The number of ether oxygens (including phenoxy) is 1. The molecule has 0 saturated carbocycles. The predicted octanol–water partition coefficient (Wildman–Crippen LogP) is 1.18. The Morgan fingerprint density at radius 1 is 1.10 bits per heavy atom. The van der Waals surface area contributed by atoms with Gasteiger partial charge in [0.15, 0.2) is 17.5 Å². The van der Waals surface area contributed by atoms with E-state index in [1.165, 1.54) is 6.20 Å². The second-order valence-electron chi connectivity index (χ2n) is 10.2. The number of benzene rings is 1. The summed E-state index contributed by atoms with van der Waals surface area (Å²) < 4.78 is 47.7. The number of likely N-dealkylation sites (tertiary alicyclic amines) is 1. The van der Waals surface area contributed by atoms with Gasteiger partial charge in [-0.25, -0.2) is 17.9 Å². The molecule has 1 aromatic heterocycles. The molecule has 6 atom stereocenters. The van der Waals surface area contributed by atoms with Crippen LogP contribution in [0.2, 0.25) is 0 Å². The second kappa shape index (κ2) is 11.2. The Balaban J connectivity index is 1.27. The van der Waals surface area contributed by atoms with Gasteiger partial charge in [0.1, 0.15) is 36.2 Å². The standard InChI is InChI=1S/C25H30F3N5O6/c1-12(35)32-4-2-13(3-5-32)18-8-15(39-30-18)9-20-24(36)23(25(37)21(11-34)38-20)33-10-19(29-31-33)14-6-16(26)22(28)17(27)7-14/h6-7,10,13,15,20-21,23-25,34,36-37H,2-5,8-9,11H2,1H3/t15?,20-,21-,23-,24+,25+/m1/s1. The van der Waals surface area contributed by atoms with E-state index in [1.54, 1.807) is 11.8 Å². The Hall–Kier alpha value is -3.07. The summed E-state index contributed by atoms with van der Waals surface area (Å²) >= 11 is 0. The summed E-state index contributed by atoms with van der Waals surface area (Å²) in [5.74, 6) is -4.16. The van der Waals surface area contributed by atoms with E-state index in [0.29, 0.717) is 19.5 Å². The molecule has 4 heterocycles. The van der Waals surface area contributed by atoms with E-state index in [-0.39, 0.29) is 29.5 Å². The van der Waals surface area contributed by atoms with E-state index in [9.17, 15) is 33.3 Å². The van der Waals surface area contributed by atoms with Crippen LogP contribution in [-0.4, -0.2) is 97.0 Å². The van der Waals surface area contributed by atoms with Crippen LogP contribution < -0.4 is 0 Å². The first-order valence-corrected chi connectivity index (χ1v) is 12.8. The molecule has 2 fully saturated rings. The highest BCUT2D eigenvalue weighted by Crippen LogP contribution is 2.35. The van der Waals surface area contributed by atoms with E-state index in [4.69, 9.17) is 9.57 Å². The van der Waals surface area contributed by atoms with Gasteiger partial charge in [0.25, 0.3) is 0 Å². The molecule has 2 aromatic rings. The van der Waals surface area contributed by atoms with Crippen LogP contribution in [0, 0.1) is 23.4 Å². The third-order valence-corrected chi connectivity index (χ3v) is 7.75. The first-order valence-electron chi connectivity index (χ1n) is 12.8. The third kappa shape index (κ3) is 5.51. The van der Waals surface area contributed by atoms with Crippen LogP contribution in [-0.2, 0) is 14.4 Å². The zero-order chi connectivity index (χ0) is 27.8. The lowest BCUT2D eigenvalue weighted by atomic mass is 9.86. The molecule has 1 aromatic carbocycles. The fourth-order valence-corrected chi connectivity index (χ4v) is 5.55. The Bertz CT molecular complexity index is 1210. The molecule has 1 unspecified atom stereocenters. The molecule has 0 radical (unpaired) electrons. The average Bonchev–Trinajstić information content (AvgIpc) is 3.59. The molecule has 14 heteroatoms. The van der Waals surface area contributed by atoms with Crippen LogP contribution in [0.5, 0.6) is 0 Å². The highest BCUT2D eigenvalue weighted by atomic mass is 19.2. The molecule has 3 N–H and O–H groups in total. The Morgan fingerprint density at radius 3 is 2.41 bits per heavy atom. The van der Waals surface area contributed by atoms with Crippen LogP contribution in [0.3, 0.4) is 0 Å². The van der Waals surface area contributed by atoms with Crippen molar-refractivity contribution in [2.75, 3.05) is 19.7 Å². The Kier molecular flexibility index (Phi) is 7.89. The summed E-state index contributed by atoms with van der Waals surface area (Å²) in [6, 6.07) is 0.416. The predicted molar refractivity (Wildman–Crippen MR) is 129 cm³/mol. The molecular formula is C25H30F3N5O6. The highest BCUT2D eigenvalue weighted by molar-refractivity contribution is 5.88. The number of oxime groups is 1. The minimum absolute atomic E-state index is 0.0104. The quantitative estimate of drug-likeness (QED) is 0.453. The molecule has 39 heavy (non-hydrogen) atoms. The van der Waals surface area contributed by atoms with E-state index in [2.05, 4.69) is 15.5 Å². The smallest absolute Gasteiger partial charge is 0.219 e. The molecule has 0 aliphatic carbocycles. The number of carbonyl (C=O) groups excluding carboxylic acids is 1. The van der Waals surface area contributed by atoms with Gasteiger partial charge in [0.2, 0.25) is 5.91 Å². The largest absolute Gasteiger partial charge is 0.394 e. The minimum atomic E-state index is -1.61. The van der Waals surface area contributed by atoms with Crippen molar-refractivity contribution in [2.45, 2.75) is 69.2 Å². The number of piperidine rings is 1. The Labute approximate surface area is 221 Å². The van der Waals surface area contributed by atoms with Crippen LogP contribution in [0.4, 0.5) is 13.2 Å². The summed E-state index contributed by atoms with van der Waals surface area (Å²) in [6.07, 6.45) is -1.48. The third-order valence-electron chi connectivity index (χ3n) is 7.75. The van der Waals surface area contributed by atoms with Crippen molar-refractivity contribution in [2.24, 2.45) is 11.1 Å². The second-order valence-corrected chi connectivity index (χ2v) is 10.2. The average molecular weight is 554 g/mol. The summed E-state index contributed by atoms with van der Waals surface area (Å²) in [4.78, 5) is 19.0. The van der Waals surface area contributed by atoms with E-state index in [1.807, 2.05) is 0 Å². The number of halogens is 3. The zero-order valence-corrected chi connectivity index (χ0v) is 21.2. The van der Waals surface area contributed by atoms with Crippen molar-refractivity contribution in [3.63, 3.8) is 0 Å². The minimum Gasteiger partial charge on any atom is -0.394 e. The molecule has 5 rings (SSSR count). The van der Waals surface area contributed by atoms with E-state index in [0.717, 1.165) is 35.4 Å². The maximum absolute atomic E-state index is 13.7. The fraction of sp³-hybridized carbons (Fsp3) is 0.600. The number of hydrogen-bond acceptors (Lipinski definition) is 9. The number of rotatable bonds is 6. The van der Waals surface area contributed by atoms with E-state index >= 15 is 0 Å². The van der Waals surface area contributed by atoms with Crippen molar-refractivity contribution < 1.29 is 42.9 Å². The summed E-state index contributed by atoms with van der Waals surface area (Å²) in [6.45, 7) is 2.32. The van der Waals surface area contributed by atoms with Gasteiger partial charge in [-0.2, -0.15) is 0 Å². The van der Waals surface area contributed by atoms with Crippen molar-refractivity contribution >= 4 is 11.6 Å². The summed E-state index contributed by atoms with van der Waals surface area (Å²) in [7, 11) is 0. The number of carbonyl (C=O) groups is 1. The lowest BCUT2D eigenvalue weighted by molar-refractivity contribution is -0.212. The fourth-order valence-electron chi connectivity index (χ4n) is 5.55. The van der Waals surface area contributed by atoms with Gasteiger partial charge < -0.3 is 29.8 Å². The SMILES string of the molecule is CC(=O)N1CCC(C2=NOC(C[C@H]3O[C@H](CO)[C@H](O)[C@H](n4cc(-c5cc(F)c(F)c(F)c5)nn4)[C@H]3O)C2)CC1. The lowest BCUT2D eigenvalue weighted by Gasteiger charge is -2.42. The normalized spacial score (nSPS) is 29.8. The zero-order valence-electron chi connectivity index (χ0n) is 21.2. The summed E-state index contributed by atoms with van der Waals surface area (Å²) in [5, 5.41) is 43.8. The number of aromatic nitrogens is 3. The molecule has 212 valence electrons. The topological polar surface area (TPSA) is 143 Å². The monoisotopic (exact) mass is 553 g/mol. The van der Waals surface area contributed by atoms with Crippen molar-refractivity contribution in [3.05, 3.63) is 35.8 Å². The van der Waals surface area contributed by atoms with Crippen LogP contribution in [0.1, 0.15) is 38.6 Å². The van der Waals surface area contributed by atoms with Crippen LogP contribution >= 0.6 is 0 Å². The van der Waals surface area contributed by atoms with Gasteiger partial charge >= 0.3 is 0 Å². The van der Waals surface area contributed by atoms with E-state index < -0.39 is 60.6 Å². The first-order chi connectivity index (χ1) is 18.7. The number of hydrogen-bond donors (Lipinski definition) is 3. The number of aliphatic hydroxyl groups is 3. The molecule has 3 aliphatic heterocycles. The van der Waals surface area contributed by atoms with Crippen molar-refractivity contribution in [1.29, 1.82) is 0 Å². The maximum Gasteiger partial charge on any atom is 0.219 e. The molecule has 11 nitrogen and oxygen atoms in total. The molecule has 2 saturated heterocycles. The molecule has 1 amide bonds. The summed E-state index contributed by atoms with van der Waals surface area (Å²) in [5.41, 5.74) is 0.800. The van der Waals surface area contributed by atoms with Crippen molar-refractivity contribution in [3.8, 4) is 11.3 Å². The van der Waals surface area contributed by atoms with Crippen molar-refractivity contribution in [1.82, 2.24) is 19.9 Å². The molecule has 3 aliphatic rings. The lowest BCUT2D eigenvalue weighted by Crippen LogP contribution is -2.56. The number of aliphatic hydroxyl groups excluding tert-OH is 3. The molecular weight excluding hydrogens is 523 g/mol. The Morgan fingerprint density at radius 2 is 1.77 bits per heavy atom. The molecule has 0 spiro atoms. The number of nitrogens with zero attached hydrogens (tertiary/aromatic N) is 5. The van der Waals surface area contributed by atoms with Crippen LogP contribution in [0.25, 0.3) is 11.3 Å². The maximum atomic E-state index is 13.7. The van der Waals surface area contributed by atoms with Gasteiger partial charge in [-0.15, -0.1) is 5.10 Å². The highest BCUT2D eigenvalue weighted by Gasteiger charge is 2.47. The van der Waals surface area contributed by atoms with Gasteiger partial charge in [0, 0.05) is 44.3 Å². The van der Waals surface area contributed by atoms with Gasteiger partial charge in [-0.1, -0.05) is 10.4 Å². The van der Waals surface area contributed by atoms with Crippen LogP contribution in [0.15, 0.2) is 23.5 Å².